The minimum atomic E-state index is -0.170. The highest BCUT2D eigenvalue weighted by Crippen LogP contribution is 2.05. The van der Waals surface area contributed by atoms with Crippen molar-refractivity contribution in [3.63, 3.8) is 0 Å². The number of amides is 1. The van der Waals surface area contributed by atoms with Crippen molar-refractivity contribution in [3.8, 4) is 0 Å². The van der Waals surface area contributed by atoms with Crippen LogP contribution in [0, 0.1) is 11.8 Å². The number of hydrogen-bond acceptors (Lipinski definition) is 3. The topological polar surface area (TPSA) is 75.4 Å². The summed E-state index contributed by atoms with van der Waals surface area (Å²) in [6, 6.07) is -0.284. The molecule has 0 aliphatic carbocycles. The summed E-state index contributed by atoms with van der Waals surface area (Å²) in [6.45, 7) is 7.88. The monoisotopic (exact) mass is 216 g/mol. The third-order valence-electron chi connectivity index (χ3n) is 2.63. The lowest BCUT2D eigenvalue weighted by Gasteiger charge is -2.22. The first-order chi connectivity index (χ1) is 6.88. The second kappa shape index (κ2) is 6.80. The van der Waals surface area contributed by atoms with Gasteiger partial charge in [-0.05, 0) is 11.8 Å². The Bertz CT molecular complexity index is 193. The molecular weight excluding hydrogens is 192 g/mol. The van der Waals surface area contributed by atoms with Gasteiger partial charge in [-0.3, -0.25) is 4.79 Å². The van der Waals surface area contributed by atoms with Crippen molar-refractivity contribution in [1.29, 1.82) is 0 Å². The zero-order valence-electron chi connectivity index (χ0n) is 10.2. The quantitative estimate of drug-likeness (QED) is 0.605. The molecule has 0 aromatic rings. The van der Waals surface area contributed by atoms with Crippen molar-refractivity contribution in [1.82, 2.24) is 5.32 Å². The van der Waals surface area contributed by atoms with E-state index in [-0.39, 0.29) is 30.5 Å². The zero-order chi connectivity index (χ0) is 12.0. The van der Waals surface area contributed by atoms with Gasteiger partial charge in [0, 0.05) is 12.5 Å². The number of aliphatic hydroxyl groups is 1. The Morgan fingerprint density at radius 3 is 2.13 bits per heavy atom. The first kappa shape index (κ1) is 14.4. The largest absolute Gasteiger partial charge is 0.394 e. The van der Waals surface area contributed by atoms with Gasteiger partial charge in [-0.15, -0.1) is 0 Å². The van der Waals surface area contributed by atoms with E-state index in [2.05, 4.69) is 5.32 Å². The van der Waals surface area contributed by atoms with Gasteiger partial charge in [0.1, 0.15) is 0 Å². The van der Waals surface area contributed by atoms with Gasteiger partial charge in [0.2, 0.25) is 5.91 Å². The van der Waals surface area contributed by atoms with Crippen molar-refractivity contribution in [3.05, 3.63) is 0 Å². The van der Waals surface area contributed by atoms with Crippen molar-refractivity contribution in [2.75, 3.05) is 6.61 Å². The van der Waals surface area contributed by atoms with E-state index in [9.17, 15) is 4.79 Å². The molecule has 4 heteroatoms. The van der Waals surface area contributed by atoms with Gasteiger partial charge in [0.15, 0.2) is 0 Å². The molecule has 0 fully saturated rings. The summed E-state index contributed by atoms with van der Waals surface area (Å²) in [5.41, 5.74) is 5.79. The van der Waals surface area contributed by atoms with Gasteiger partial charge < -0.3 is 16.2 Å². The lowest BCUT2D eigenvalue weighted by Crippen LogP contribution is -2.44. The second-order valence-electron chi connectivity index (χ2n) is 4.71. The summed E-state index contributed by atoms with van der Waals surface area (Å²) in [7, 11) is 0. The van der Waals surface area contributed by atoms with Gasteiger partial charge in [0.05, 0.1) is 12.6 Å². The minimum absolute atomic E-state index is 0.0275. The number of nitrogens with two attached hydrogens (primary N) is 1. The van der Waals surface area contributed by atoms with E-state index >= 15 is 0 Å². The van der Waals surface area contributed by atoms with E-state index in [0.29, 0.717) is 12.3 Å². The molecule has 0 aliphatic rings. The highest BCUT2D eigenvalue weighted by atomic mass is 16.3. The maximum Gasteiger partial charge on any atom is 0.221 e. The summed E-state index contributed by atoms with van der Waals surface area (Å²) >= 11 is 0. The fraction of sp³-hybridized carbons (Fsp3) is 0.909. The van der Waals surface area contributed by atoms with Crippen LogP contribution in [-0.2, 0) is 4.79 Å². The fourth-order valence-corrected chi connectivity index (χ4v) is 1.14. The van der Waals surface area contributed by atoms with Crippen LogP contribution in [0.1, 0.15) is 34.1 Å². The highest BCUT2D eigenvalue weighted by Gasteiger charge is 2.18. The molecule has 0 saturated heterocycles. The summed E-state index contributed by atoms with van der Waals surface area (Å²) in [5, 5.41) is 11.8. The average Bonchev–Trinajstić information content (AvgIpc) is 2.13. The molecule has 0 aliphatic heterocycles. The lowest BCUT2D eigenvalue weighted by atomic mass is 10.0. The summed E-state index contributed by atoms with van der Waals surface area (Å²) < 4.78 is 0. The molecule has 0 heterocycles. The Balaban J connectivity index is 4.02. The van der Waals surface area contributed by atoms with E-state index in [4.69, 9.17) is 10.8 Å². The lowest BCUT2D eigenvalue weighted by molar-refractivity contribution is -0.123. The number of aliphatic hydroxyl groups excluding tert-OH is 1. The molecule has 90 valence electrons. The van der Waals surface area contributed by atoms with Crippen LogP contribution in [0.15, 0.2) is 0 Å². The Morgan fingerprint density at radius 1 is 1.27 bits per heavy atom. The molecule has 15 heavy (non-hydrogen) atoms. The summed E-state index contributed by atoms with van der Waals surface area (Å²) in [4.78, 5) is 11.5. The molecular formula is C11H24N2O2. The van der Waals surface area contributed by atoms with Crippen molar-refractivity contribution in [2.45, 2.75) is 46.2 Å². The van der Waals surface area contributed by atoms with Crippen LogP contribution in [0.5, 0.6) is 0 Å². The third-order valence-corrected chi connectivity index (χ3v) is 2.63. The molecule has 0 radical (unpaired) electrons. The van der Waals surface area contributed by atoms with Gasteiger partial charge >= 0.3 is 0 Å². The average molecular weight is 216 g/mol. The molecule has 0 aromatic heterocycles. The summed E-state index contributed by atoms with van der Waals surface area (Å²) in [6.07, 6.45) is 0.320. The fourth-order valence-electron chi connectivity index (χ4n) is 1.14. The second-order valence-corrected chi connectivity index (χ2v) is 4.71. The van der Waals surface area contributed by atoms with E-state index in [1.54, 1.807) is 0 Å². The Morgan fingerprint density at radius 2 is 1.80 bits per heavy atom. The predicted octanol–water partition coefficient (Wildman–Crippen LogP) is 0.493. The highest BCUT2D eigenvalue weighted by molar-refractivity contribution is 5.76. The first-order valence-corrected chi connectivity index (χ1v) is 5.54. The van der Waals surface area contributed by atoms with Crippen molar-refractivity contribution in [2.24, 2.45) is 17.6 Å². The number of nitrogens with one attached hydrogen (secondary N) is 1. The maximum absolute atomic E-state index is 11.5. The van der Waals surface area contributed by atoms with Gasteiger partial charge in [-0.2, -0.15) is 0 Å². The smallest absolute Gasteiger partial charge is 0.221 e. The number of rotatable bonds is 6. The normalized spacial score (nSPS) is 15.5. The third kappa shape index (κ3) is 5.74. The Kier molecular flexibility index (Phi) is 6.52. The van der Waals surface area contributed by atoms with E-state index in [1.807, 2.05) is 27.7 Å². The number of hydrogen-bond donors (Lipinski definition) is 3. The van der Waals surface area contributed by atoms with Gasteiger partial charge in [-0.1, -0.05) is 27.7 Å². The van der Waals surface area contributed by atoms with Crippen LogP contribution in [0.4, 0.5) is 0 Å². The molecule has 4 nitrogen and oxygen atoms in total. The molecule has 0 aromatic carbocycles. The number of carbonyl (C=O) groups is 1. The SMILES string of the molecule is CC(C)C(N)CC(=O)NC(CO)C(C)C. The predicted molar refractivity (Wildman–Crippen MR) is 61.3 cm³/mol. The van der Waals surface area contributed by atoms with Crippen LogP contribution in [0.25, 0.3) is 0 Å². The molecule has 0 bridgehead atoms. The molecule has 2 unspecified atom stereocenters. The van der Waals surface area contributed by atoms with Gasteiger partial charge in [-0.25, -0.2) is 0 Å². The number of carbonyl (C=O) groups excluding carboxylic acids is 1. The standard InChI is InChI=1S/C11H24N2O2/c1-7(2)9(12)5-11(15)13-10(6-14)8(3)4/h7-10,14H,5-6,12H2,1-4H3,(H,13,15). The molecule has 1 amide bonds. The molecule has 2 atom stereocenters. The molecule has 4 N–H and O–H groups in total. The van der Waals surface area contributed by atoms with Crippen LogP contribution < -0.4 is 11.1 Å². The van der Waals surface area contributed by atoms with E-state index < -0.39 is 0 Å². The summed E-state index contributed by atoms with van der Waals surface area (Å²) in [5.74, 6) is 0.445. The Labute approximate surface area is 92.2 Å². The van der Waals surface area contributed by atoms with Crippen molar-refractivity contribution >= 4 is 5.91 Å². The molecule has 0 rings (SSSR count). The van der Waals surface area contributed by atoms with Crippen molar-refractivity contribution < 1.29 is 9.90 Å². The van der Waals surface area contributed by atoms with Crippen LogP contribution in [-0.4, -0.2) is 29.7 Å². The first-order valence-electron chi connectivity index (χ1n) is 5.54. The van der Waals surface area contributed by atoms with Crippen LogP contribution in [0.3, 0.4) is 0 Å². The molecule has 0 saturated carbocycles. The maximum atomic E-state index is 11.5. The van der Waals surface area contributed by atoms with E-state index in [1.165, 1.54) is 0 Å². The Hall–Kier alpha value is -0.610. The van der Waals surface area contributed by atoms with Gasteiger partial charge in [0.25, 0.3) is 0 Å². The van der Waals surface area contributed by atoms with Crippen LogP contribution in [0.2, 0.25) is 0 Å². The van der Waals surface area contributed by atoms with Crippen LogP contribution >= 0.6 is 0 Å². The molecule has 0 spiro atoms. The van der Waals surface area contributed by atoms with E-state index in [0.717, 1.165) is 0 Å². The minimum Gasteiger partial charge on any atom is -0.394 e. The zero-order valence-corrected chi connectivity index (χ0v) is 10.2.